The van der Waals surface area contributed by atoms with E-state index < -0.39 is 24.0 Å². The molecule has 0 saturated heterocycles. The lowest BCUT2D eigenvalue weighted by atomic mass is 9.53. The number of carboxylic acid groups (broad SMARTS) is 1. The van der Waals surface area contributed by atoms with E-state index in [1.54, 1.807) is 36.5 Å². The van der Waals surface area contributed by atoms with Crippen molar-refractivity contribution in [1.82, 2.24) is 26.3 Å². The Labute approximate surface area is 263 Å². The summed E-state index contributed by atoms with van der Waals surface area (Å²) in [4.78, 5) is 54.4. The Hall–Kier alpha value is -4.34. The highest BCUT2D eigenvalue weighted by molar-refractivity contribution is 5.94. The third kappa shape index (κ3) is 7.16. The minimum absolute atomic E-state index is 0.0155. The molecule has 4 fully saturated rings. The number of hydrogen-bond donors (Lipinski definition) is 6. The maximum absolute atomic E-state index is 13.5. The van der Waals surface area contributed by atoms with Crippen molar-refractivity contribution in [1.29, 1.82) is 0 Å². The molecule has 0 spiro atoms. The van der Waals surface area contributed by atoms with Crippen molar-refractivity contribution in [3.63, 3.8) is 0 Å². The number of para-hydroxylation sites is 1. The molecular formula is C35H43N5O5. The molecule has 2 atom stereocenters. The van der Waals surface area contributed by atoms with Gasteiger partial charge in [0.15, 0.2) is 6.04 Å². The standard InChI is InChI=1S/C35H43N5O5/c41-29(13-5-2-8-14-36-34(45)40-35-18-22-15-23(19-35)17-24(16-22)20-35)38-30(25-9-3-1-4-10-25)32(42)39-31(33(43)44)27-21-37-28-12-7-6-11-26(27)28/h1,3-4,6-7,9-12,21-24,30-31,37H,2,5,8,13-20H2,(H,38,41)(H,39,42)(H,43,44)(H2,36,40,45). The Balaban J connectivity index is 0.972. The van der Waals surface area contributed by atoms with Gasteiger partial charge in [0.05, 0.1) is 0 Å². The van der Waals surface area contributed by atoms with E-state index in [4.69, 9.17) is 0 Å². The Morgan fingerprint density at radius 1 is 0.822 bits per heavy atom. The summed E-state index contributed by atoms with van der Waals surface area (Å²) in [6.45, 7) is 0.541. The van der Waals surface area contributed by atoms with Crippen LogP contribution in [0.3, 0.4) is 0 Å². The van der Waals surface area contributed by atoms with E-state index >= 15 is 0 Å². The minimum Gasteiger partial charge on any atom is -0.479 e. The number of H-pyrrole nitrogens is 1. The number of fused-ring (bicyclic) bond motifs is 1. The summed E-state index contributed by atoms with van der Waals surface area (Å²) < 4.78 is 0. The van der Waals surface area contributed by atoms with Gasteiger partial charge < -0.3 is 31.4 Å². The quantitative estimate of drug-likeness (QED) is 0.148. The molecular weight excluding hydrogens is 570 g/mol. The topological polar surface area (TPSA) is 152 Å². The number of urea groups is 1. The number of amides is 4. The molecule has 4 bridgehead atoms. The van der Waals surface area contributed by atoms with Gasteiger partial charge in [0.25, 0.3) is 0 Å². The van der Waals surface area contributed by atoms with Crippen molar-refractivity contribution in [3.8, 4) is 0 Å². The van der Waals surface area contributed by atoms with Gasteiger partial charge in [-0.25, -0.2) is 9.59 Å². The van der Waals surface area contributed by atoms with E-state index in [-0.39, 0.29) is 23.9 Å². The molecule has 4 aliphatic carbocycles. The molecule has 238 valence electrons. The summed E-state index contributed by atoms with van der Waals surface area (Å²) in [6, 6.07) is 13.6. The fourth-order valence-electron chi connectivity index (χ4n) is 8.35. The number of carbonyl (C=O) groups is 4. The van der Waals surface area contributed by atoms with Crippen molar-refractivity contribution >= 4 is 34.7 Å². The van der Waals surface area contributed by atoms with Crippen LogP contribution in [-0.2, 0) is 14.4 Å². The molecule has 0 radical (unpaired) electrons. The van der Waals surface area contributed by atoms with Gasteiger partial charge in [-0.2, -0.15) is 0 Å². The summed E-state index contributed by atoms with van der Waals surface area (Å²) in [5, 5.41) is 22.5. The van der Waals surface area contributed by atoms with Crippen LogP contribution in [0.15, 0.2) is 60.8 Å². The third-order valence-electron chi connectivity index (χ3n) is 9.95. The second kappa shape index (κ2) is 13.3. The van der Waals surface area contributed by atoms with Gasteiger partial charge in [-0.1, -0.05) is 55.0 Å². The fourth-order valence-corrected chi connectivity index (χ4v) is 8.35. The van der Waals surface area contributed by atoms with Crippen LogP contribution >= 0.6 is 0 Å². The first-order valence-corrected chi connectivity index (χ1v) is 16.3. The summed E-state index contributed by atoms with van der Waals surface area (Å²) in [5.41, 5.74) is 1.74. The molecule has 10 nitrogen and oxygen atoms in total. The molecule has 0 aliphatic heterocycles. The predicted molar refractivity (Wildman–Crippen MR) is 170 cm³/mol. The van der Waals surface area contributed by atoms with Crippen molar-refractivity contribution in [2.75, 3.05) is 6.54 Å². The van der Waals surface area contributed by atoms with Gasteiger partial charge in [-0.15, -0.1) is 0 Å². The number of hydrogen-bond acceptors (Lipinski definition) is 4. The molecule has 3 aromatic rings. The van der Waals surface area contributed by atoms with E-state index in [1.165, 1.54) is 19.3 Å². The smallest absolute Gasteiger partial charge is 0.330 e. The lowest BCUT2D eigenvalue weighted by Crippen LogP contribution is -2.61. The van der Waals surface area contributed by atoms with E-state index in [9.17, 15) is 24.3 Å². The number of carbonyl (C=O) groups excluding carboxylic acids is 3. The normalized spacial score (nSPS) is 24.5. The average Bonchev–Trinajstić information content (AvgIpc) is 3.43. The Morgan fingerprint density at radius 3 is 2.18 bits per heavy atom. The number of aromatic amines is 1. The van der Waals surface area contributed by atoms with Crippen molar-refractivity contribution in [3.05, 3.63) is 71.9 Å². The van der Waals surface area contributed by atoms with Gasteiger partial charge >= 0.3 is 12.0 Å². The highest BCUT2D eigenvalue weighted by atomic mass is 16.4. The number of aromatic nitrogens is 1. The van der Waals surface area contributed by atoms with Crippen LogP contribution in [0.25, 0.3) is 10.9 Å². The summed E-state index contributed by atoms with van der Waals surface area (Å²) >= 11 is 0. The molecule has 10 heteroatoms. The fraction of sp³-hybridized carbons (Fsp3) is 0.486. The first-order chi connectivity index (χ1) is 21.8. The molecule has 4 amide bonds. The zero-order valence-electron chi connectivity index (χ0n) is 25.5. The maximum Gasteiger partial charge on any atom is 0.330 e. The van der Waals surface area contributed by atoms with Gasteiger partial charge in [0, 0.05) is 41.2 Å². The van der Waals surface area contributed by atoms with Gasteiger partial charge in [0.2, 0.25) is 11.8 Å². The zero-order valence-corrected chi connectivity index (χ0v) is 25.5. The highest BCUT2D eigenvalue weighted by Crippen LogP contribution is 2.55. The third-order valence-corrected chi connectivity index (χ3v) is 9.95. The first kappa shape index (κ1) is 30.7. The zero-order chi connectivity index (χ0) is 31.4. The molecule has 2 unspecified atom stereocenters. The molecule has 2 aromatic carbocycles. The van der Waals surface area contributed by atoms with E-state index in [1.807, 2.05) is 24.3 Å². The average molecular weight is 614 g/mol. The SMILES string of the molecule is O=C(CCCCCNC(=O)NC12CC3CC(CC(C3)C1)C2)NC(C(=O)NC(C(=O)O)c1c[nH]c2ccccc12)c1ccccc1. The van der Waals surface area contributed by atoms with E-state index in [2.05, 4.69) is 26.3 Å². The summed E-state index contributed by atoms with van der Waals surface area (Å²) in [7, 11) is 0. The highest BCUT2D eigenvalue weighted by Gasteiger charge is 2.51. The first-order valence-electron chi connectivity index (χ1n) is 16.3. The Morgan fingerprint density at radius 2 is 1.49 bits per heavy atom. The van der Waals surface area contributed by atoms with Crippen LogP contribution in [-0.4, -0.2) is 46.0 Å². The number of carboxylic acids is 1. The summed E-state index contributed by atoms with van der Waals surface area (Å²) in [6.07, 6.45) is 11.2. The lowest BCUT2D eigenvalue weighted by molar-refractivity contribution is -0.142. The lowest BCUT2D eigenvalue weighted by Gasteiger charge is -2.56. The molecule has 4 saturated carbocycles. The number of nitrogens with one attached hydrogen (secondary N) is 5. The Kier molecular flexibility index (Phi) is 9.09. The second-order valence-electron chi connectivity index (χ2n) is 13.4. The number of unbranched alkanes of at least 4 members (excludes halogenated alkanes) is 2. The van der Waals surface area contributed by atoms with E-state index in [0.29, 0.717) is 29.5 Å². The van der Waals surface area contributed by atoms with Crippen molar-refractivity contribution in [2.24, 2.45) is 17.8 Å². The largest absolute Gasteiger partial charge is 0.479 e. The van der Waals surface area contributed by atoms with Crippen LogP contribution in [0.2, 0.25) is 0 Å². The summed E-state index contributed by atoms with van der Waals surface area (Å²) in [5.74, 6) is 0.202. The monoisotopic (exact) mass is 613 g/mol. The van der Waals surface area contributed by atoms with E-state index in [0.717, 1.165) is 55.4 Å². The molecule has 7 rings (SSSR count). The molecule has 4 aliphatic rings. The van der Waals surface area contributed by atoms with Crippen LogP contribution in [0.1, 0.15) is 87.4 Å². The number of rotatable bonds is 13. The van der Waals surface area contributed by atoms with Crippen molar-refractivity contribution in [2.45, 2.75) is 81.8 Å². The van der Waals surface area contributed by atoms with Crippen LogP contribution in [0.5, 0.6) is 0 Å². The Bertz CT molecular complexity index is 1500. The van der Waals surface area contributed by atoms with Gasteiger partial charge in [0.1, 0.15) is 6.04 Å². The number of benzene rings is 2. The van der Waals surface area contributed by atoms with Crippen molar-refractivity contribution < 1.29 is 24.3 Å². The van der Waals surface area contributed by atoms with Crippen LogP contribution in [0.4, 0.5) is 4.79 Å². The predicted octanol–water partition coefficient (Wildman–Crippen LogP) is 5.10. The second-order valence-corrected chi connectivity index (χ2v) is 13.4. The molecule has 1 aromatic heterocycles. The minimum atomic E-state index is -1.30. The maximum atomic E-state index is 13.5. The van der Waals surface area contributed by atoms with Gasteiger partial charge in [-0.3, -0.25) is 9.59 Å². The molecule has 45 heavy (non-hydrogen) atoms. The molecule has 6 N–H and O–H groups in total. The van der Waals surface area contributed by atoms with Crippen LogP contribution in [0, 0.1) is 17.8 Å². The number of aliphatic carboxylic acids is 1. The molecule has 1 heterocycles. The van der Waals surface area contributed by atoms with Gasteiger partial charge in [-0.05, 0) is 80.8 Å². The van der Waals surface area contributed by atoms with Crippen LogP contribution < -0.4 is 21.3 Å².